The lowest BCUT2D eigenvalue weighted by atomic mass is 9.85. The molecule has 0 amide bonds. The van der Waals surface area contributed by atoms with Crippen LogP contribution in [0.3, 0.4) is 0 Å². The van der Waals surface area contributed by atoms with Crippen molar-refractivity contribution in [3.05, 3.63) is 0 Å². The third kappa shape index (κ3) is 8.12. The molecule has 0 aliphatic rings. The third-order valence-electron chi connectivity index (χ3n) is 3.35. The van der Waals surface area contributed by atoms with Crippen LogP contribution in [0.1, 0.15) is 53.4 Å². The topological polar surface area (TPSA) is 32.3 Å². The molecule has 0 aliphatic carbocycles. The van der Waals surface area contributed by atoms with Crippen molar-refractivity contribution in [1.82, 2.24) is 5.32 Å². The lowest BCUT2D eigenvalue weighted by Gasteiger charge is -2.25. The van der Waals surface area contributed by atoms with Gasteiger partial charge in [-0.2, -0.15) is 0 Å². The van der Waals surface area contributed by atoms with Crippen molar-refractivity contribution in [1.29, 1.82) is 0 Å². The second kappa shape index (κ2) is 10.1. The molecular weight excluding hydrogens is 198 g/mol. The number of unbranched alkanes of at least 4 members (excludes halogenated alkanes) is 3. The molecule has 0 aromatic rings. The summed E-state index contributed by atoms with van der Waals surface area (Å²) < 4.78 is 0. The first-order valence-electron chi connectivity index (χ1n) is 6.91. The minimum absolute atomic E-state index is 0.343. The quantitative estimate of drug-likeness (QED) is 0.564. The van der Waals surface area contributed by atoms with Crippen LogP contribution in [0.25, 0.3) is 0 Å². The van der Waals surface area contributed by atoms with Crippen molar-refractivity contribution in [2.75, 3.05) is 19.7 Å². The van der Waals surface area contributed by atoms with Crippen LogP contribution in [0, 0.1) is 17.8 Å². The zero-order chi connectivity index (χ0) is 12.4. The van der Waals surface area contributed by atoms with E-state index in [1.165, 1.54) is 12.8 Å². The Bertz CT molecular complexity index is 138. The first-order valence-corrected chi connectivity index (χ1v) is 6.91. The molecule has 0 spiro atoms. The largest absolute Gasteiger partial charge is 0.396 e. The highest BCUT2D eigenvalue weighted by atomic mass is 16.2. The number of rotatable bonds is 10. The van der Waals surface area contributed by atoms with Crippen molar-refractivity contribution in [2.45, 2.75) is 53.4 Å². The minimum atomic E-state index is 0.343. The second-order valence-corrected chi connectivity index (χ2v) is 5.49. The van der Waals surface area contributed by atoms with Crippen LogP contribution in [0.2, 0.25) is 0 Å². The highest BCUT2D eigenvalue weighted by molar-refractivity contribution is 4.69. The average molecular weight is 229 g/mol. The molecule has 2 nitrogen and oxygen atoms in total. The van der Waals surface area contributed by atoms with Gasteiger partial charge in [-0.3, -0.25) is 0 Å². The summed E-state index contributed by atoms with van der Waals surface area (Å²) in [6.45, 7) is 11.9. The Hall–Kier alpha value is -0.0800. The molecule has 16 heavy (non-hydrogen) atoms. The maximum absolute atomic E-state index is 8.65. The molecule has 0 aromatic heterocycles. The standard InChI is InChI=1S/C14H31NO/c1-12(2)14(13(3)4)11-15-9-7-5-6-8-10-16/h12-16H,5-11H2,1-4H3. The molecule has 2 N–H and O–H groups in total. The Balaban J connectivity index is 3.41. The number of nitrogens with one attached hydrogen (secondary N) is 1. The Morgan fingerprint density at radius 2 is 1.44 bits per heavy atom. The predicted molar refractivity (Wildman–Crippen MR) is 71.6 cm³/mol. The minimum Gasteiger partial charge on any atom is -0.396 e. The van der Waals surface area contributed by atoms with Gasteiger partial charge in [-0.25, -0.2) is 0 Å². The van der Waals surface area contributed by atoms with Gasteiger partial charge in [0.15, 0.2) is 0 Å². The smallest absolute Gasteiger partial charge is 0.0431 e. The molecule has 0 saturated carbocycles. The monoisotopic (exact) mass is 229 g/mol. The molecule has 0 fully saturated rings. The normalized spacial score (nSPS) is 12.0. The lowest BCUT2D eigenvalue weighted by Crippen LogP contribution is -2.30. The molecule has 0 aromatic carbocycles. The van der Waals surface area contributed by atoms with E-state index in [1.54, 1.807) is 0 Å². The van der Waals surface area contributed by atoms with E-state index in [4.69, 9.17) is 5.11 Å². The van der Waals surface area contributed by atoms with Crippen molar-refractivity contribution in [2.24, 2.45) is 17.8 Å². The van der Waals surface area contributed by atoms with Crippen LogP contribution < -0.4 is 5.32 Å². The summed E-state index contributed by atoms with van der Waals surface area (Å²) in [5.41, 5.74) is 0. The predicted octanol–water partition coefficient (Wildman–Crippen LogP) is 3.06. The summed E-state index contributed by atoms with van der Waals surface area (Å²) >= 11 is 0. The van der Waals surface area contributed by atoms with Crippen molar-refractivity contribution >= 4 is 0 Å². The summed E-state index contributed by atoms with van der Waals surface area (Å²) in [7, 11) is 0. The van der Waals surface area contributed by atoms with Crippen LogP contribution in [0.4, 0.5) is 0 Å². The molecule has 98 valence electrons. The fraction of sp³-hybridized carbons (Fsp3) is 1.00. The fourth-order valence-corrected chi connectivity index (χ4v) is 2.23. The number of hydrogen-bond donors (Lipinski definition) is 2. The van der Waals surface area contributed by atoms with Gasteiger partial charge in [-0.1, -0.05) is 40.5 Å². The van der Waals surface area contributed by atoms with E-state index in [0.717, 1.165) is 43.7 Å². The van der Waals surface area contributed by atoms with Crippen LogP contribution in [-0.2, 0) is 0 Å². The van der Waals surface area contributed by atoms with E-state index in [2.05, 4.69) is 33.0 Å². The number of hydrogen-bond acceptors (Lipinski definition) is 2. The van der Waals surface area contributed by atoms with Gasteiger partial charge in [0.2, 0.25) is 0 Å². The van der Waals surface area contributed by atoms with Gasteiger partial charge in [0.25, 0.3) is 0 Å². The Morgan fingerprint density at radius 3 is 1.94 bits per heavy atom. The van der Waals surface area contributed by atoms with Gasteiger partial charge in [-0.15, -0.1) is 0 Å². The average Bonchev–Trinajstić information content (AvgIpc) is 2.21. The van der Waals surface area contributed by atoms with E-state index in [9.17, 15) is 0 Å². The highest BCUT2D eigenvalue weighted by Crippen LogP contribution is 2.19. The van der Waals surface area contributed by atoms with Crippen molar-refractivity contribution < 1.29 is 5.11 Å². The Kier molecular flexibility index (Phi) is 10.0. The first kappa shape index (κ1) is 15.9. The summed E-state index contributed by atoms with van der Waals surface area (Å²) in [6, 6.07) is 0. The molecule has 0 unspecified atom stereocenters. The number of aliphatic hydroxyl groups excluding tert-OH is 1. The van der Waals surface area contributed by atoms with Crippen LogP contribution in [0.15, 0.2) is 0 Å². The maximum atomic E-state index is 8.65. The molecule has 0 bridgehead atoms. The number of aliphatic hydroxyl groups is 1. The summed E-state index contributed by atoms with van der Waals surface area (Å²) in [5, 5.41) is 12.2. The third-order valence-corrected chi connectivity index (χ3v) is 3.35. The molecule has 0 saturated heterocycles. The molecule has 0 radical (unpaired) electrons. The molecule has 0 atom stereocenters. The second-order valence-electron chi connectivity index (χ2n) is 5.49. The van der Waals surface area contributed by atoms with Crippen LogP contribution in [0.5, 0.6) is 0 Å². The lowest BCUT2D eigenvalue weighted by molar-refractivity contribution is 0.273. The Morgan fingerprint density at radius 1 is 0.875 bits per heavy atom. The highest BCUT2D eigenvalue weighted by Gasteiger charge is 2.16. The van der Waals surface area contributed by atoms with Gasteiger partial charge in [0.1, 0.15) is 0 Å². The van der Waals surface area contributed by atoms with Gasteiger partial charge in [-0.05, 0) is 43.7 Å². The molecule has 0 aliphatic heterocycles. The fourth-order valence-electron chi connectivity index (χ4n) is 2.23. The van der Waals surface area contributed by atoms with E-state index < -0.39 is 0 Å². The van der Waals surface area contributed by atoms with Gasteiger partial charge in [0, 0.05) is 6.61 Å². The van der Waals surface area contributed by atoms with E-state index in [-0.39, 0.29) is 0 Å². The zero-order valence-corrected chi connectivity index (χ0v) is 11.6. The summed E-state index contributed by atoms with van der Waals surface area (Å²) in [5.74, 6) is 2.32. The zero-order valence-electron chi connectivity index (χ0n) is 11.6. The maximum Gasteiger partial charge on any atom is 0.0431 e. The van der Waals surface area contributed by atoms with Crippen molar-refractivity contribution in [3.63, 3.8) is 0 Å². The molecular formula is C14H31NO. The van der Waals surface area contributed by atoms with Gasteiger partial charge < -0.3 is 10.4 Å². The summed E-state index contributed by atoms with van der Waals surface area (Å²) in [6.07, 6.45) is 4.60. The van der Waals surface area contributed by atoms with E-state index in [0.29, 0.717) is 6.61 Å². The molecule has 0 rings (SSSR count). The molecule has 0 heterocycles. The van der Waals surface area contributed by atoms with E-state index in [1.807, 2.05) is 0 Å². The van der Waals surface area contributed by atoms with E-state index >= 15 is 0 Å². The SMILES string of the molecule is CC(C)C(CNCCCCCCO)C(C)C. The Labute approximate surface area is 102 Å². The van der Waals surface area contributed by atoms with Crippen LogP contribution in [-0.4, -0.2) is 24.8 Å². The van der Waals surface area contributed by atoms with Crippen LogP contribution >= 0.6 is 0 Å². The molecule has 2 heteroatoms. The first-order chi connectivity index (χ1) is 7.59. The van der Waals surface area contributed by atoms with Crippen molar-refractivity contribution in [3.8, 4) is 0 Å². The summed E-state index contributed by atoms with van der Waals surface area (Å²) in [4.78, 5) is 0. The van der Waals surface area contributed by atoms with Gasteiger partial charge in [0.05, 0.1) is 0 Å². The van der Waals surface area contributed by atoms with Gasteiger partial charge >= 0.3 is 0 Å².